The third-order valence-corrected chi connectivity index (χ3v) is 11.7. The summed E-state index contributed by atoms with van der Waals surface area (Å²) in [6, 6.07) is 29.4. The molecule has 0 N–H and O–H groups in total. The van der Waals surface area contributed by atoms with Crippen LogP contribution in [0, 0.1) is 17.1 Å². The van der Waals surface area contributed by atoms with Gasteiger partial charge >= 0.3 is 6.18 Å². The van der Waals surface area contributed by atoms with Crippen molar-refractivity contribution in [2.45, 2.75) is 82.9 Å². The molecule has 1 aliphatic rings. The molecule has 57 heavy (non-hydrogen) atoms. The van der Waals surface area contributed by atoms with Gasteiger partial charge in [0.25, 0.3) is 8.53 Å². The lowest BCUT2D eigenvalue weighted by molar-refractivity contribution is -0.137. The smallest absolute Gasteiger partial charge is 0.416 e. The van der Waals surface area contributed by atoms with Crippen LogP contribution in [-0.4, -0.2) is 69.1 Å². The van der Waals surface area contributed by atoms with Crippen LogP contribution < -0.4 is 9.47 Å². The molecule has 14 heteroatoms. The van der Waals surface area contributed by atoms with E-state index in [1.54, 1.807) is 14.2 Å². The van der Waals surface area contributed by atoms with Crippen LogP contribution in [0.15, 0.2) is 97.1 Å². The second kappa shape index (κ2) is 20.0. The number of hydrogen-bond acceptors (Lipinski definition) is 9. The Morgan fingerprint density at radius 3 is 1.89 bits per heavy atom. The second-order valence-electron chi connectivity index (χ2n) is 14.0. The fourth-order valence-corrected chi connectivity index (χ4v) is 8.57. The lowest BCUT2D eigenvalue weighted by atomic mass is 9.80. The highest BCUT2D eigenvalue weighted by molar-refractivity contribution is 7.44. The molecule has 1 aliphatic heterocycles. The first kappa shape index (κ1) is 44.0. The molecule has 1 saturated heterocycles. The van der Waals surface area contributed by atoms with E-state index in [1.165, 1.54) is 0 Å². The van der Waals surface area contributed by atoms with Gasteiger partial charge in [0.15, 0.2) is 0 Å². The Morgan fingerprint density at radius 1 is 0.825 bits per heavy atom. The monoisotopic (exact) mass is 812 g/mol. The highest BCUT2D eigenvalue weighted by atomic mass is 31.2. The zero-order chi connectivity index (χ0) is 41.2. The number of ether oxygens (including phenoxy) is 5. The number of rotatable bonds is 19. The Labute approximate surface area is 333 Å². The van der Waals surface area contributed by atoms with Crippen LogP contribution in [0.3, 0.4) is 0 Å². The first-order chi connectivity index (χ1) is 27.3. The largest absolute Gasteiger partial charge is 0.497 e. The summed E-state index contributed by atoms with van der Waals surface area (Å²) in [6.07, 6.45) is -6.98. The van der Waals surface area contributed by atoms with Gasteiger partial charge in [-0.25, -0.2) is 9.06 Å². The summed E-state index contributed by atoms with van der Waals surface area (Å²) in [5.41, 5.74) is 0.0921. The van der Waals surface area contributed by atoms with Crippen molar-refractivity contribution in [2.24, 2.45) is 0 Å². The molecule has 1 unspecified atom stereocenters. The van der Waals surface area contributed by atoms with E-state index in [4.69, 9.17) is 32.7 Å². The minimum atomic E-state index is -4.69. The van der Waals surface area contributed by atoms with Gasteiger partial charge in [0.1, 0.15) is 41.2 Å². The van der Waals surface area contributed by atoms with E-state index in [1.807, 2.05) is 107 Å². The van der Waals surface area contributed by atoms with E-state index in [9.17, 15) is 22.8 Å². The average Bonchev–Trinajstić information content (AvgIpc) is 3.58. The van der Waals surface area contributed by atoms with Crippen molar-refractivity contribution in [3.8, 4) is 17.6 Å². The first-order valence-electron chi connectivity index (χ1n) is 18.6. The fraction of sp³-hybridized carbons (Fsp3) is 0.419. The summed E-state index contributed by atoms with van der Waals surface area (Å²) >= 11 is 0. The standard InChI is InChI=1S/C43H49F4N2O7P/c1-29(2)49(30(3)4)57(55-24-10-23-48)56-41-39(52-26-31-13-14-35(25-38(31)44)43(45,46)47)27-53-40(41)28-54-42(32-11-8-7-9-12-32,33-15-19-36(50-5)20-16-33)34-17-21-37(51-6)22-18-34/h7-9,11-22,25,29-30,39-41H,10,24,26-28H2,1-6H3/t39-,40+,41-,57?/m0/s1. The van der Waals surface area contributed by atoms with Gasteiger partial charge < -0.3 is 32.7 Å². The third-order valence-electron chi connectivity index (χ3n) is 9.55. The molecule has 0 saturated carbocycles. The summed E-state index contributed by atoms with van der Waals surface area (Å²) in [4.78, 5) is 0. The van der Waals surface area contributed by atoms with Crippen molar-refractivity contribution >= 4 is 8.53 Å². The lowest BCUT2D eigenvalue weighted by Crippen LogP contribution is -2.42. The number of benzene rings is 4. The quantitative estimate of drug-likeness (QED) is 0.0397. The maximum Gasteiger partial charge on any atom is 0.416 e. The topological polar surface area (TPSA) is 91.6 Å². The van der Waals surface area contributed by atoms with Crippen LogP contribution in [0.4, 0.5) is 17.6 Å². The van der Waals surface area contributed by atoms with Gasteiger partial charge in [0, 0.05) is 17.6 Å². The second-order valence-corrected chi connectivity index (χ2v) is 15.4. The van der Waals surface area contributed by atoms with E-state index < -0.39 is 50.0 Å². The molecule has 4 aromatic carbocycles. The summed E-state index contributed by atoms with van der Waals surface area (Å²) < 4.78 is 101. The van der Waals surface area contributed by atoms with E-state index in [-0.39, 0.29) is 50.5 Å². The normalized spacial score (nSPS) is 17.9. The number of hydrogen-bond donors (Lipinski definition) is 0. The molecular formula is C43H49F4N2O7P. The highest BCUT2D eigenvalue weighted by Gasteiger charge is 2.46. The summed E-state index contributed by atoms with van der Waals surface area (Å²) in [5, 5.41) is 9.31. The van der Waals surface area contributed by atoms with Crippen molar-refractivity contribution in [3.05, 3.63) is 131 Å². The van der Waals surface area contributed by atoms with Crippen LogP contribution >= 0.6 is 8.53 Å². The van der Waals surface area contributed by atoms with E-state index >= 15 is 0 Å². The zero-order valence-electron chi connectivity index (χ0n) is 32.9. The van der Waals surface area contributed by atoms with E-state index in [2.05, 4.69) is 10.7 Å². The Morgan fingerprint density at radius 2 is 1.39 bits per heavy atom. The molecule has 0 amide bonds. The maximum atomic E-state index is 15.0. The van der Waals surface area contributed by atoms with Gasteiger partial charge in [-0.15, -0.1) is 0 Å². The van der Waals surface area contributed by atoms with Crippen molar-refractivity contribution in [1.29, 1.82) is 5.26 Å². The van der Waals surface area contributed by atoms with E-state index in [0.29, 0.717) is 17.6 Å². The van der Waals surface area contributed by atoms with Gasteiger partial charge in [-0.1, -0.05) is 60.7 Å². The zero-order valence-corrected chi connectivity index (χ0v) is 33.8. The summed E-state index contributed by atoms with van der Waals surface area (Å²) in [7, 11) is 1.39. The number of methoxy groups -OCH3 is 2. The van der Waals surface area contributed by atoms with Gasteiger partial charge in [-0.2, -0.15) is 18.4 Å². The van der Waals surface area contributed by atoms with Crippen LogP contribution in [0.1, 0.15) is 61.9 Å². The molecule has 4 atom stereocenters. The minimum absolute atomic E-state index is 0.00901. The van der Waals surface area contributed by atoms with Crippen molar-refractivity contribution in [3.63, 3.8) is 0 Å². The predicted molar refractivity (Wildman–Crippen MR) is 208 cm³/mol. The molecule has 0 spiro atoms. The first-order valence-corrected chi connectivity index (χ1v) is 19.8. The van der Waals surface area contributed by atoms with Crippen LogP contribution in [-0.2, 0) is 41.6 Å². The fourth-order valence-electron chi connectivity index (χ4n) is 6.79. The van der Waals surface area contributed by atoms with Crippen LogP contribution in [0.5, 0.6) is 11.5 Å². The number of nitrogens with zero attached hydrogens (tertiary/aromatic N) is 2. The SMILES string of the molecule is COc1ccc(C(OC[C@H]2OC[C@H](OCc3ccc(C(F)(F)F)cc3F)[C@@H]2OP(OCCC#N)N(C(C)C)C(C)C)(c2ccccc2)c2ccc(OC)cc2)cc1. The van der Waals surface area contributed by atoms with Crippen LogP contribution in [0.25, 0.3) is 0 Å². The molecule has 4 aromatic rings. The average molecular weight is 813 g/mol. The lowest BCUT2D eigenvalue weighted by Gasteiger charge is -2.39. The van der Waals surface area contributed by atoms with Gasteiger partial charge in [0.05, 0.1) is 58.7 Å². The van der Waals surface area contributed by atoms with Gasteiger partial charge in [-0.05, 0) is 80.8 Å². The predicted octanol–water partition coefficient (Wildman–Crippen LogP) is 9.82. The van der Waals surface area contributed by atoms with Gasteiger partial charge in [-0.3, -0.25) is 0 Å². The van der Waals surface area contributed by atoms with Gasteiger partial charge in [0.2, 0.25) is 0 Å². The summed E-state index contributed by atoms with van der Waals surface area (Å²) in [5.74, 6) is 0.287. The molecule has 0 aromatic heterocycles. The number of nitriles is 1. The minimum Gasteiger partial charge on any atom is -0.497 e. The third kappa shape index (κ3) is 10.7. The number of halogens is 4. The Hall–Kier alpha value is -4.12. The van der Waals surface area contributed by atoms with E-state index in [0.717, 1.165) is 28.8 Å². The van der Waals surface area contributed by atoms with Crippen molar-refractivity contribution < 1.29 is 50.3 Å². The molecule has 0 bridgehead atoms. The Balaban J connectivity index is 1.54. The molecule has 1 fully saturated rings. The Bertz CT molecular complexity index is 1840. The molecule has 1 heterocycles. The molecule has 5 rings (SSSR count). The Kier molecular flexibility index (Phi) is 15.5. The maximum absolute atomic E-state index is 15.0. The van der Waals surface area contributed by atoms with Crippen LogP contribution in [0.2, 0.25) is 0 Å². The molecule has 0 radical (unpaired) electrons. The molecular weight excluding hydrogens is 763 g/mol. The van der Waals surface area contributed by atoms with Crippen molar-refractivity contribution in [2.75, 3.05) is 34.0 Å². The molecule has 306 valence electrons. The summed E-state index contributed by atoms with van der Waals surface area (Å²) in [6.45, 7) is 7.79. The van der Waals surface area contributed by atoms with Crippen molar-refractivity contribution in [1.82, 2.24) is 4.67 Å². The molecule has 9 nitrogen and oxygen atoms in total. The number of alkyl halides is 3. The molecule has 0 aliphatic carbocycles. The highest BCUT2D eigenvalue weighted by Crippen LogP contribution is 2.50.